The molecule has 0 spiro atoms. The number of nitrogens with two attached hydrogens (primary N) is 1. The third kappa shape index (κ3) is 3.28. The van der Waals surface area contributed by atoms with Crippen LogP contribution in [0.25, 0.3) is 0 Å². The fraction of sp³-hybridized carbons (Fsp3) is 0.154. The predicted octanol–water partition coefficient (Wildman–Crippen LogP) is 4.01. The Balaban J connectivity index is 2.37. The van der Waals surface area contributed by atoms with E-state index in [4.69, 9.17) is 15.2 Å². The van der Waals surface area contributed by atoms with Crippen molar-refractivity contribution in [2.75, 3.05) is 7.11 Å². The van der Waals surface area contributed by atoms with Crippen LogP contribution in [0.1, 0.15) is 5.56 Å². The Morgan fingerprint density at radius 2 is 1.85 bits per heavy atom. The number of ether oxygens (including phenoxy) is 2. The van der Waals surface area contributed by atoms with Gasteiger partial charge in [0.05, 0.1) is 22.3 Å². The summed E-state index contributed by atoms with van der Waals surface area (Å²) < 4.78 is 25.4. The second kappa shape index (κ2) is 6.51. The number of pyridine rings is 1. The molecule has 0 bridgehead atoms. The van der Waals surface area contributed by atoms with Crippen molar-refractivity contribution in [3.8, 4) is 17.4 Å². The van der Waals surface area contributed by atoms with E-state index in [1.807, 2.05) is 0 Å². The monoisotopic (exact) mass is 404 g/mol. The minimum atomic E-state index is -0.451. The summed E-state index contributed by atoms with van der Waals surface area (Å²) in [5.41, 5.74) is 6.05. The molecule has 0 amide bonds. The lowest BCUT2D eigenvalue weighted by Crippen LogP contribution is -2.02. The molecule has 0 unspecified atom stereocenters. The van der Waals surface area contributed by atoms with Crippen LogP contribution in [0.3, 0.4) is 0 Å². The van der Waals surface area contributed by atoms with Crippen molar-refractivity contribution in [2.45, 2.75) is 6.54 Å². The van der Waals surface area contributed by atoms with Crippen molar-refractivity contribution >= 4 is 31.9 Å². The number of benzene rings is 1. The van der Waals surface area contributed by atoms with Crippen LogP contribution >= 0.6 is 31.9 Å². The minimum absolute atomic E-state index is 0.134. The van der Waals surface area contributed by atoms with Gasteiger partial charge >= 0.3 is 0 Å². The first-order valence-corrected chi connectivity index (χ1v) is 7.19. The second-order valence-electron chi connectivity index (χ2n) is 3.84. The third-order valence-corrected chi connectivity index (χ3v) is 3.76. The van der Waals surface area contributed by atoms with E-state index in [2.05, 4.69) is 36.8 Å². The number of methoxy groups -OCH3 is 1. The molecule has 0 atom stereocenters. The summed E-state index contributed by atoms with van der Waals surface area (Å²) in [6, 6.07) is 4.79. The fourth-order valence-corrected chi connectivity index (χ4v) is 2.44. The molecule has 0 aliphatic heterocycles. The maximum atomic E-state index is 13.1. The zero-order chi connectivity index (χ0) is 14.7. The van der Waals surface area contributed by atoms with Gasteiger partial charge in [-0.15, -0.1) is 0 Å². The Morgan fingerprint density at radius 1 is 1.20 bits per heavy atom. The topological polar surface area (TPSA) is 57.4 Å². The highest BCUT2D eigenvalue weighted by atomic mass is 79.9. The molecule has 1 aromatic heterocycles. The molecule has 4 nitrogen and oxygen atoms in total. The van der Waals surface area contributed by atoms with Gasteiger partial charge in [-0.3, -0.25) is 0 Å². The van der Waals surface area contributed by atoms with Gasteiger partial charge in [-0.2, -0.15) is 0 Å². The molecule has 1 heterocycles. The Bertz CT molecular complexity index is 638. The van der Waals surface area contributed by atoms with Crippen LogP contribution in [0.2, 0.25) is 0 Å². The summed E-state index contributed by atoms with van der Waals surface area (Å²) in [5.74, 6) is 1.00. The molecular weight excluding hydrogens is 395 g/mol. The zero-order valence-electron chi connectivity index (χ0n) is 10.5. The third-order valence-electron chi connectivity index (χ3n) is 2.52. The molecule has 2 N–H and O–H groups in total. The van der Waals surface area contributed by atoms with E-state index in [1.165, 1.54) is 6.07 Å². The van der Waals surface area contributed by atoms with Crippen LogP contribution in [0.15, 0.2) is 33.3 Å². The molecule has 0 saturated heterocycles. The first-order chi connectivity index (χ1) is 9.55. The number of nitrogens with zero attached hydrogens (tertiary/aromatic N) is 1. The molecule has 0 saturated carbocycles. The van der Waals surface area contributed by atoms with Gasteiger partial charge in [-0.05, 0) is 50.1 Å². The van der Waals surface area contributed by atoms with Crippen LogP contribution < -0.4 is 15.2 Å². The summed E-state index contributed by atoms with van der Waals surface area (Å²) >= 11 is 6.75. The largest absolute Gasteiger partial charge is 0.496 e. The highest BCUT2D eigenvalue weighted by Crippen LogP contribution is 2.38. The normalized spacial score (nSPS) is 10.4. The van der Waals surface area contributed by atoms with Crippen molar-refractivity contribution in [3.05, 3.63) is 44.7 Å². The lowest BCUT2D eigenvalue weighted by Gasteiger charge is -2.12. The van der Waals surface area contributed by atoms with Crippen LogP contribution in [0.4, 0.5) is 4.39 Å². The quantitative estimate of drug-likeness (QED) is 0.834. The summed E-state index contributed by atoms with van der Waals surface area (Å²) in [7, 11) is 1.57. The van der Waals surface area contributed by atoms with E-state index in [0.717, 1.165) is 10.7 Å². The van der Waals surface area contributed by atoms with Gasteiger partial charge in [0.15, 0.2) is 0 Å². The first kappa shape index (κ1) is 15.2. The molecule has 7 heteroatoms. The summed E-state index contributed by atoms with van der Waals surface area (Å²) in [4.78, 5) is 3.91. The Kier molecular flexibility index (Phi) is 4.95. The lowest BCUT2D eigenvalue weighted by molar-refractivity contribution is 0.408. The predicted molar refractivity (Wildman–Crippen MR) is 80.6 cm³/mol. The van der Waals surface area contributed by atoms with Gasteiger partial charge < -0.3 is 15.2 Å². The maximum absolute atomic E-state index is 13.1. The molecule has 0 radical (unpaired) electrons. The lowest BCUT2D eigenvalue weighted by atomic mass is 10.2. The van der Waals surface area contributed by atoms with E-state index < -0.39 is 5.82 Å². The summed E-state index contributed by atoms with van der Waals surface area (Å²) in [6.07, 6.45) is 1.08. The maximum Gasteiger partial charge on any atom is 0.223 e. The van der Waals surface area contributed by atoms with Gasteiger partial charge in [0.2, 0.25) is 5.88 Å². The number of hydrogen-bond donors (Lipinski definition) is 1. The van der Waals surface area contributed by atoms with E-state index in [-0.39, 0.29) is 12.4 Å². The summed E-state index contributed by atoms with van der Waals surface area (Å²) in [6.45, 7) is 0.134. The van der Waals surface area contributed by atoms with Gasteiger partial charge in [-0.25, -0.2) is 9.37 Å². The number of hydrogen-bond acceptors (Lipinski definition) is 4. The molecule has 106 valence electrons. The van der Waals surface area contributed by atoms with Crippen molar-refractivity contribution in [2.24, 2.45) is 5.73 Å². The second-order valence-corrected chi connectivity index (χ2v) is 5.55. The van der Waals surface area contributed by atoms with Crippen molar-refractivity contribution in [3.63, 3.8) is 0 Å². The van der Waals surface area contributed by atoms with Gasteiger partial charge in [0.1, 0.15) is 17.3 Å². The number of halogens is 3. The van der Waals surface area contributed by atoms with Crippen molar-refractivity contribution in [1.82, 2.24) is 4.98 Å². The Labute approximate surface area is 132 Å². The zero-order valence-corrected chi connectivity index (χ0v) is 13.7. The van der Waals surface area contributed by atoms with E-state index >= 15 is 0 Å². The van der Waals surface area contributed by atoms with Crippen LogP contribution in [-0.4, -0.2) is 12.1 Å². The van der Waals surface area contributed by atoms with E-state index in [9.17, 15) is 4.39 Å². The van der Waals surface area contributed by atoms with E-state index in [1.54, 1.807) is 19.2 Å². The highest BCUT2D eigenvalue weighted by Gasteiger charge is 2.12. The smallest absolute Gasteiger partial charge is 0.223 e. The molecule has 0 fully saturated rings. The molecule has 0 aliphatic rings. The number of rotatable bonds is 4. The fourth-order valence-electron chi connectivity index (χ4n) is 1.56. The van der Waals surface area contributed by atoms with Gasteiger partial charge in [0.25, 0.3) is 0 Å². The molecular formula is C13H11Br2FN2O2. The Morgan fingerprint density at radius 3 is 2.50 bits per heavy atom. The van der Waals surface area contributed by atoms with Crippen molar-refractivity contribution in [1.29, 1.82) is 0 Å². The average Bonchev–Trinajstić information content (AvgIpc) is 2.44. The molecule has 2 rings (SSSR count). The van der Waals surface area contributed by atoms with Crippen molar-refractivity contribution < 1.29 is 13.9 Å². The van der Waals surface area contributed by atoms with Gasteiger partial charge in [-0.1, -0.05) is 0 Å². The first-order valence-electron chi connectivity index (χ1n) is 5.60. The Hall–Kier alpha value is -1.18. The van der Waals surface area contributed by atoms with Crippen LogP contribution in [0, 0.1) is 5.82 Å². The molecule has 0 aliphatic carbocycles. The minimum Gasteiger partial charge on any atom is -0.496 e. The molecule has 20 heavy (non-hydrogen) atoms. The van der Waals surface area contributed by atoms with E-state index in [0.29, 0.717) is 21.5 Å². The highest BCUT2D eigenvalue weighted by molar-refractivity contribution is 9.11. The number of aromatic nitrogens is 1. The van der Waals surface area contributed by atoms with Gasteiger partial charge in [0, 0.05) is 12.1 Å². The standard InChI is InChI=1S/C13H11Br2FN2O2/c1-19-11-3-10(15)12(4-9(11)14)20-13-7(5-17)2-8(16)6-18-13/h2-4,6H,5,17H2,1H3. The summed E-state index contributed by atoms with van der Waals surface area (Å²) in [5, 5.41) is 0. The molecule has 2 aromatic rings. The van der Waals surface area contributed by atoms with Crippen LogP contribution in [0.5, 0.6) is 17.4 Å². The SMILES string of the molecule is COc1cc(Br)c(Oc2ncc(F)cc2CN)cc1Br. The molecule has 1 aromatic carbocycles. The average molecular weight is 406 g/mol. The van der Waals surface area contributed by atoms with Crippen LogP contribution in [-0.2, 0) is 6.54 Å².